The molecule has 0 radical (unpaired) electrons. The third-order valence-corrected chi connectivity index (χ3v) is 6.92. The molecule has 3 aliphatic rings. The molecule has 2 aliphatic heterocycles. The molecule has 23 heavy (non-hydrogen) atoms. The van der Waals surface area contributed by atoms with Crippen molar-refractivity contribution in [3.8, 4) is 0 Å². The van der Waals surface area contributed by atoms with Gasteiger partial charge in [0.05, 0.1) is 0 Å². The number of likely N-dealkylation sites (tertiary alicyclic amines) is 1. The normalized spacial score (nSPS) is 35.6. The summed E-state index contributed by atoms with van der Waals surface area (Å²) in [5.41, 5.74) is 0. The number of hydrogen-bond donors (Lipinski definition) is 0. The highest BCUT2D eigenvalue weighted by molar-refractivity contribution is 4.92. The van der Waals surface area contributed by atoms with Crippen molar-refractivity contribution in [2.45, 2.75) is 77.9 Å². The summed E-state index contributed by atoms with van der Waals surface area (Å²) >= 11 is 0. The Bertz CT molecular complexity index is 356. The highest BCUT2D eigenvalue weighted by Crippen LogP contribution is 2.35. The van der Waals surface area contributed by atoms with Crippen LogP contribution in [-0.2, 0) is 0 Å². The maximum Gasteiger partial charge on any atom is 0.0198 e. The van der Waals surface area contributed by atoms with Gasteiger partial charge in [0.1, 0.15) is 0 Å². The lowest BCUT2D eigenvalue weighted by Crippen LogP contribution is -2.59. The highest BCUT2D eigenvalue weighted by atomic mass is 15.3. The zero-order valence-corrected chi connectivity index (χ0v) is 16.0. The Hall–Kier alpha value is -0.120. The first kappa shape index (κ1) is 17.7. The summed E-state index contributed by atoms with van der Waals surface area (Å²) < 4.78 is 0. The van der Waals surface area contributed by atoms with E-state index in [0.29, 0.717) is 0 Å². The van der Waals surface area contributed by atoms with Gasteiger partial charge in [0.15, 0.2) is 0 Å². The van der Waals surface area contributed by atoms with Crippen LogP contribution in [0.5, 0.6) is 0 Å². The van der Waals surface area contributed by atoms with Crippen molar-refractivity contribution in [1.29, 1.82) is 0 Å². The molecule has 2 saturated heterocycles. The predicted octanol–water partition coefficient (Wildman–Crippen LogP) is 3.30. The molecule has 0 unspecified atom stereocenters. The van der Waals surface area contributed by atoms with E-state index in [0.717, 1.165) is 30.0 Å². The van der Waals surface area contributed by atoms with E-state index >= 15 is 0 Å². The molecule has 1 atom stereocenters. The van der Waals surface area contributed by atoms with E-state index in [9.17, 15) is 0 Å². The molecule has 0 aromatic carbocycles. The fourth-order valence-corrected chi connectivity index (χ4v) is 5.08. The second-order valence-corrected chi connectivity index (χ2v) is 8.82. The SMILES string of the molecule is CCC1CC(N2CCN(CC3CCN(C(C)C)CC3)C[C@@H]2C)C1. The van der Waals surface area contributed by atoms with Crippen LogP contribution in [-0.4, -0.2) is 72.1 Å². The Morgan fingerprint density at radius 1 is 0.957 bits per heavy atom. The van der Waals surface area contributed by atoms with Gasteiger partial charge in [-0.15, -0.1) is 0 Å². The summed E-state index contributed by atoms with van der Waals surface area (Å²) in [4.78, 5) is 8.24. The van der Waals surface area contributed by atoms with E-state index in [-0.39, 0.29) is 0 Å². The number of rotatable bonds is 5. The maximum atomic E-state index is 2.82. The minimum absolute atomic E-state index is 0.731. The van der Waals surface area contributed by atoms with Crippen molar-refractivity contribution in [3.63, 3.8) is 0 Å². The van der Waals surface area contributed by atoms with Gasteiger partial charge in [0.25, 0.3) is 0 Å². The first-order valence-electron chi connectivity index (χ1n) is 10.3. The minimum atomic E-state index is 0.731. The summed E-state index contributed by atoms with van der Waals surface area (Å²) in [6.07, 6.45) is 7.14. The van der Waals surface area contributed by atoms with E-state index in [1.807, 2.05) is 0 Å². The molecular weight excluding hydrogens is 282 g/mol. The molecule has 3 nitrogen and oxygen atoms in total. The second-order valence-electron chi connectivity index (χ2n) is 8.82. The molecule has 1 aliphatic carbocycles. The van der Waals surface area contributed by atoms with Gasteiger partial charge < -0.3 is 9.80 Å². The Kier molecular flexibility index (Phi) is 6.03. The molecule has 0 aromatic heterocycles. The van der Waals surface area contributed by atoms with E-state index in [1.165, 1.54) is 71.4 Å². The molecule has 3 heteroatoms. The molecule has 2 heterocycles. The lowest BCUT2D eigenvalue weighted by molar-refractivity contribution is -0.00999. The monoisotopic (exact) mass is 321 g/mol. The highest BCUT2D eigenvalue weighted by Gasteiger charge is 2.37. The van der Waals surface area contributed by atoms with Gasteiger partial charge in [-0.25, -0.2) is 0 Å². The molecule has 0 spiro atoms. The molecule has 0 bridgehead atoms. The van der Waals surface area contributed by atoms with Crippen LogP contribution < -0.4 is 0 Å². The first-order valence-corrected chi connectivity index (χ1v) is 10.3. The van der Waals surface area contributed by atoms with Crippen molar-refractivity contribution >= 4 is 0 Å². The predicted molar refractivity (Wildman–Crippen MR) is 98.8 cm³/mol. The van der Waals surface area contributed by atoms with Gasteiger partial charge in [-0.2, -0.15) is 0 Å². The molecular formula is C20H39N3. The Morgan fingerprint density at radius 3 is 2.22 bits per heavy atom. The lowest BCUT2D eigenvalue weighted by Gasteiger charge is -2.50. The molecule has 1 saturated carbocycles. The van der Waals surface area contributed by atoms with E-state index in [1.54, 1.807) is 0 Å². The van der Waals surface area contributed by atoms with Crippen LogP contribution in [0.1, 0.15) is 59.8 Å². The molecule has 0 N–H and O–H groups in total. The van der Waals surface area contributed by atoms with Crippen LogP contribution in [0.25, 0.3) is 0 Å². The Morgan fingerprint density at radius 2 is 1.65 bits per heavy atom. The summed E-state index contributed by atoms with van der Waals surface area (Å²) in [5.74, 6) is 1.97. The summed E-state index contributed by atoms with van der Waals surface area (Å²) in [6.45, 7) is 17.4. The van der Waals surface area contributed by atoms with E-state index in [4.69, 9.17) is 0 Å². The van der Waals surface area contributed by atoms with Crippen LogP contribution in [0.2, 0.25) is 0 Å². The quantitative estimate of drug-likeness (QED) is 0.769. The average molecular weight is 322 g/mol. The summed E-state index contributed by atoms with van der Waals surface area (Å²) in [7, 11) is 0. The standard InChI is InChI=1S/C20H39N3/c1-5-18-12-20(13-18)23-11-10-21(14-17(23)4)15-19-6-8-22(9-7-19)16(2)3/h16-20H,5-15H2,1-4H3/t17-,18?,20?/m0/s1. The van der Waals surface area contributed by atoms with Crippen molar-refractivity contribution in [3.05, 3.63) is 0 Å². The third kappa shape index (κ3) is 4.29. The molecule has 3 fully saturated rings. The molecule has 3 rings (SSSR count). The zero-order valence-electron chi connectivity index (χ0n) is 16.0. The van der Waals surface area contributed by atoms with Crippen molar-refractivity contribution in [2.75, 3.05) is 39.3 Å². The molecule has 0 aromatic rings. The van der Waals surface area contributed by atoms with Gasteiger partial charge in [-0.3, -0.25) is 4.90 Å². The van der Waals surface area contributed by atoms with Crippen LogP contribution in [0.15, 0.2) is 0 Å². The third-order valence-electron chi connectivity index (χ3n) is 6.92. The van der Waals surface area contributed by atoms with Gasteiger partial charge in [0.2, 0.25) is 0 Å². The number of nitrogens with zero attached hydrogens (tertiary/aromatic N) is 3. The number of piperazine rings is 1. The summed E-state index contributed by atoms with van der Waals surface area (Å²) in [5, 5.41) is 0. The van der Waals surface area contributed by atoms with Gasteiger partial charge in [-0.05, 0) is 71.4 Å². The van der Waals surface area contributed by atoms with Gasteiger partial charge >= 0.3 is 0 Å². The zero-order chi connectivity index (χ0) is 16.4. The van der Waals surface area contributed by atoms with Gasteiger partial charge in [-0.1, -0.05) is 13.3 Å². The van der Waals surface area contributed by atoms with E-state index in [2.05, 4.69) is 42.4 Å². The lowest BCUT2D eigenvalue weighted by atomic mass is 9.77. The van der Waals surface area contributed by atoms with Crippen LogP contribution >= 0.6 is 0 Å². The number of piperidine rings is 1. The van der Waals surface area contributed by atoms with Crippen molar-refractivity contribution in [1.82, 2.24) is 14.7 Å². The van der Waals surface area contributed by atoms with Crippen LogP contribution in [0, 0.1) is 11.8 Å². The number of hydrogen-bond acceptors (Lipinski definition) is 3. The average Bonchev–Trinajstić information content (AvgIpc) is 2.49. The smallest absolute Gasteiger partial charge is 0.0198 e. The minimum Gasteiger partial charge on any atom is -0.301 e. The topological polar surface area (TPSA) is 9.72 Å². The largest absolute Gasteiger partial charge is 0.301 e. The van der Waals surface area contributed by atoms with Crippen LogP contribution in [0.4, 0.5) is 0 Å². The van der Waals surface area contributed by atoms with E-state index < -0.39 is 0 Å². The van der Waals surface area contributed by atoms with Crippen LogP contribution in [0.3, 0.4) is 0 Å². The fourth-order valence-electron chi connectivity index (χ4n) is 5.08. The maximum absolute atomic E-state index is 2.82. The first-order chi connectivity index (χ1) is 11.1. The van der Waals surface area contributed by atoms with Gasteiger partial charge in [0, 0.05) is 44.3 Å². The fraction of sp³-hybridized carbons (Fsp3) is 1.00. The second kappa shape index (κ2) is 7.84. The summed E-state index contributed by atoms with van der Waals surface area (Å²) in [6, 6.07) is 2.41. The Balaban J connectivity index is 1.39. The van der Waals surface area contributed by atoms with Crippen molar-refractivity contribution in [2.24, 2.45) is 11.8 Å². The molecule has 0 amide bonds. The molecule has 134 valence electrons. The van der Waals surface area contributed by atoms with Crippen molar-refractivity contribution < 1.29 is 0 Å². The Labute approximate surface area is 144 Å².